The maximum absolute atomic E-state index is 9.00. The summed E-state index contributed by atoms with van der Waals surface area (Å²) in [6.07, 6.45) is 1.69. The first-order valence-corrected chi connectivity index (χ1v) is 3.31. The smallest absolute Gasteiger partial charge is 0.300 e. The average molecular weight is 169 g/mol. The molecule has 1 aromatic heterocycles. The highest BCUT2D eigenvalue weighted by Crippen LogP contribution is 1.99. The van der Waals surface area contributed by atoms with E-state index in [4.69, 9.17) is 14.6 Å². The molecule has 0 bridgehead atoms. The zero-order valence-corrected chi connectivity index (χ0v) is 7.02. The van der Waals surface area contributed by atoms with Gasteiger partial charge in [-0.1, -0.05) is 6.07 Å². The molecule has 0 aliphatic carbocycles. The van der Waals surface area contributed by atoms with E-state index in [-0.39, 0.29) is 0 Å². The number of aromatic nitrogens is 1. The number of rotatable bonds is 1. The fourth-order valence-corrected chi connectivity index (χ4v) is 0.468. The fourth-order valence-electron chi connectivity index (χ4n) is 0.468. The minimum Gasteiger partial charge on any atom is -0.481 e. The summed E-state index contributed by atoms with van der Waals surface area (Å²) in [4.78, 5) is 12.9. The number of carboxylic acids is 1. The van der Waals surface area contributed by atoms with Crippen LogP contribution in [-0.4, -0.2) is 23.2 Å². The van der Waals surface area contributed by atoms with E-state index < -0.39 is 5.97 Å². The highest BCUT2D eigenvalue weighted by molar-refractivity contribution is 5.62. The van der Waals surface area contributed by atoms with Gasteiger partial charge in [-0.3, -0.25) is 4.79 Å². The Morgan fingerprint density at radius 3 is 2.42 bits per heavy atom. The molecule has 0 aliphatic rings. The van der Waals surface area contributed by atoms with Crippen LogP contribution in [0.25, 0.3) is 0 Å². The standard InChI is InChI=1S/C6H7NO.C2H4O2/c1-8-6-4-2-3-5-7-6;1-2(3)4/h2-5H,1H3;1H3,(H,3,4). The zero-order valence-electron chi connectivity index (χ0n) is 7.02. The van der Waals surface area contributed by atoms with Gasteiger partial charge in [-0.25, -0.2) is 4.98 Å². The molecule has 1 heterocycles. The topological polar surface area (TPSA) is 59.4 Å². The van der Waals surface area contributed by atoms with Gasteiger partial charge in [-0.15, -0.1) is 0 Å². The SMILES string of the molecule is CC(=O)O.COc1ccccn1. The lowest BCUT2D eigenvalue weighted by molar-refractivity contribution is -0.134. The minimum absolute atomic E-state index is 0.660. The molecule has 0 atom stereocenters. The quantitative estimate of drug-likeness (QED) is 0.685. The lowest BCUT2D eigenvalue weighted by Gasteiger charge is -1.92. The van der Waals surface area contributed by atoms with Gasteiger partial charge in [-0.2, -0.15) is 0 Å². The highest BCUT2D eigenvalue weighted by atomic mass is 16.5. The van der Waals surface area contributed by atoms with Crippen LogP contribution in [0, 0.1) is 0 Å². The second-order valence-corrected chi connectivity index (χ2v) is 1.89. The molecule has 1 rings (SSSR count). The Balaban J connectivity index is 0.000000261. The summed E-state index contributed by atoms with van der Waals surface area (Å²) in [5, 5.41) is 7.42. The molecule has 1 aromatic rings. The van der Waals surface area contributed by atoms with Gasteiger partial charge in [0.1, 0.15) is 0 Å². The van der Waals surface area contributed by atoms with Crippen LogP contribution in [0.2, 0.25) is 0 Å². The van der Waals surface area contributed by atoms with Crippen LogP contribution in [-0.2, 0) is 4.79 Å². The van der Waals surface area contributed by atoms with Crippen molar-refractivity contribution in [2.45, 2.75) is 6.92 Å². The van der Waals surface area contributed by atoms with E-state index >= 15 is 0 Å². The summed E-state index contributed by atoms with van der Waals surface area (Å²) in [5.74, 6) is -0.174. The first-order valence-electron chi connectivity index (χ1n) is 3.31. The molecular formula is C8H11NO3. The number of methoxy groups -OCH3 is 1. The van der Waals surface area contributed by atoms with Gasteiger partial charge in [0.05, 0.1) is 7.11 Å². The highest BCUT2D eigenvalue weighted by Gasteiger charge is 1.82. The fraction of sp³-hybridized carbons (Fsp3) is 0.250. The molecule has 0 aromatic carbocycles. The maximum atomic E-state index is 9.00. The molecule has 4 heteroatoms. The molecule has 12 heavy (non-hydrogen) atoms. The summed E-state index contributed by atoms with van der Waals surface area (Å²) in [6, 6.07) is 5.54. The summed E-state index contributed by atoms with van der Waals surface area (Å²) in [7, 11) is 1.60. The molecular weight excluding hydrogens is 158 g/mol. The number of ether oxygens (including phenoxy) is 1. The Kier molecular flexibility index (Phi) is 5.34. The van der Waals surface area contributed by atoms with Crippen molar-refractivity contribution in [1.29, 1.82) is 0 Å². The Morgan fingerprint density at radius 2 is 2.17 bits per heavy atom. The number of hydrogen-bond donors (Lipinski definition) is 1. The van der Waals surface area contributed by atoms with E-state index in [1.807, 2.05) is 12.1 Å². The van der Waals surface area contributed by atoms with Crippen LogP contribution in [0.3, 0.4) is 0 Å². The number of pyridine rings is 1. The van der Waals surface area contributed by atoms with Gasteiger partial charge >= 0.3 is 0 Å². The van der Waals surface area contributed by atoms with E-state index in [1.54, 1.807) is 19.4 Å². The van der Waals surface area contributed by atoms with E-state index in [1.165, 1.54) is 0 Å². The van der Waals surface area contributed by atoms with E-state index in [9.17, 15) is 0 Å². The number of hydrogen-bond acceptors (Lipinski definition) is 3. The van der Waals surface area contributed by atoms with Crippen molar-refractivity contribution < 1.29 is 14.6 Å². The molecule has 1 N–H and O–H groups in total. The molecule has 66 valence electrons. The largest absolute Gasteiger partial charge is 0.481 e. The lowest BCUT2D eigenvalue weighted by atomic mass is 10.5. The van der Waals surface area contributed by atoms with Crippen molar-refractivity contribution in [3.63, 3.8) is 0 Å². The van der Waals surface area contributed by atoms with Crippen molar-refractivity contribution in [3.05, 3.63) is 24.4 Å². The molecule has 0 radical (unpaired) electrons. The lowest BCUT2D eigenvalue weighted by Crippen LogP contribution is -1.83. The Hall–Kier alpha value is -1.58. The molecule has 0 saturated carbocycles. The molecule has 4 nitrogen and oxygen atoms in total. The van der Waals surface area contributed by atoms with Crippen LogP contribution < -0.4 is 4.74 Å². The molecule has 0 saturated heterocycles. The van der Waals surface area contributed by atoms with Crippen LogP contribution >= 0.6 is 0 Å². The summed E-state index contributed by atoms with van der Waals surface area (Å²) < 4.78 is 4.80. The third kappa shape index (κ3) is 6.54. The predicted molar refractivity (Wildman–Crippen MR) is 44.1 cm³/mol. The molecule has 0 aliphatic heterocycles. The maximum Gasteiger partial charge on any atom is 0.300 e. The van der Waals surface area contributed by atoms with Crippen LogP contribution in [0.1, 0.15) is 6.92 Å². The van der Waals surface area contributed by atoms with Gasteiger partial charge in [0.15, 0.2) is 0 Å². The number of aliphatic carboxylic acids is 1. The van der Waals surface area contributed by atoms with Crippen molar-refractivity contribution in [2.75, 3.05) is 7.11 Å². The number of carbonyl (C=O) groups is 1. The number of carboxylic acid groups (broad SMARTS) is 1. The Bertz CT molecular complexity index is 219. The molecule has 0 fully saturated rings. The van der Waals surface area contributed by atoms with Crippen molar-refractivity contribution in [1.82, 2.24) is 4.98 Å². The van der Waals surface area contributed by atoms with Gasteiger partial charge in [0.25, 0.3) is 5.97 Å². The van der Waals surface area contributed by atoms with Gasteiger partial charge in [0.2, 0.25) is 5.88 Å². The first-order chi connectivity index (χ1) is 5.66. The van der Waals surface area contributed by atoms with Gasteiger partial charge < -0.3 is 9.84 Å². The van der Waals surface area contributed by atoms with E-state index in [0.717, 1.165) is 6.92 Å². The minimum atomic E-state index is -0.833. The average Bonchev–Trinajstić information content (AvgIpc) is 2.05. The number of nitrogens with zero attached hydrogens (tertiary/aromatic N) is 1. The predicted octanol–water partition coefficient (Wildman–Crippen LogP) is 1.18. The van der Waals surface area contributed by atoms with Gasteiger partial charge in [0, 0.05) is 19.2 Å². The zero-order chi connectivity index (χ0) is 9.40. The summed E-state index contributed by atoms with van der Waals surface area (Å²) >= 11 is 0. The summed E-state index contributed by atoms with van der Waals surface area (Å²) in [6.45, 7) is 1.08. The van der Waals surface area contributed by atoms with Crippen molar-refractivity contribution in [3.8, 4) is 5.88 Å². The van der Waals surface area contributed by atoms with Gasteiger partial charge in [-0.05, 0) is 6.07 Å². The first kappa shape index (κ1) is 10.4. The van der Waals surface area contributed by atoms with E-state index in [0.29, 0.717) is 5.88 Å². The Labute approximate surface area is 70.8 Å². The monoisotopic (exact) mass is 169 g/mol. The normalized spacial score (nSPS) is 7.83. The molecule has 0 spiro atoms. The van der Waals surface area contributed by atoms with Crippen LogP contribution in [0.15, 0.2) is 24.4 Å². The molecule has 0 unspecified atom stereocenters. The van der Waals surface area contributed by atoms with E-state index in [2.05, 4.69) is 4.98 Å². The van der Waals surface area contributed by atoms with Crippen molar-refractivity contribution >= 4 is 5.97 Å². The Morgan fingerprint density at radius 1 is 1.58 bits per heavy atom. The van der Waals surface area contributed by atoms with Crippen LogP contribution in [0.5, 0.6) is 5.88 Å². The second kappa shape index (κ2) is 6.15. The second-order valence-electron chi connectivity index (χ2n) is 1.89. The molecule has 0 amide bonds. The summed E-state index contributed by atoms with van der Waals surface area (Å²) in [5.41, 5.74) is 0. The van der Waals surface area contributed by atoms with Crippen LogP contribution in [0.4, 0.5) is 0 Å². The third-order valence-electron chi connectivity index (χ3n) is 0.847. The third-order valence-corrected chi connectivity index (χ3v) is 0.847. The van der Waals surface area contributed by atoms with Crippen molar-refractivity contribution in [2.24, 2.45) is 0 Å².